The van der Waals surface area contributed by atoms with Crippen LogP contribution in [0.2, 0.25) is 0 Å². The Labute approximate surface area is 201 Å². The molecule has 0 bridgehead atoms. The van der Waals surface area contributed by atoms with Crippen molar-refractivity contribution in [1.82, 2.24) is 15.1 Å². The van der Waals surface area contributed by atoms with Crippen LogP contribution in [0, 0.1) is 11.3 Å². The maximum absolute atomic E-state index is 13.7. The maximum atomic E-state index is 13.7. The summed E-state index contributed by atoms with van der Waals surface area (Å²) >= 11 is 0. The molecule has 0 radical (unpaired) electrons. The van der Waals surface area contributed by atoms with Gasteiger partial charge in [0.05, 0.1) is 18.7 Å². The first-order valence-electron chi connectivity index (χ1n) is 12.4. The number of rotatable bonds is 9. The van der Waals surface area contributed by atoms with Gasteiger partial charge in [-0.05, 0) is 58.4 Å². The number of hydrogen-bond acceptors (Lipinski definition) is 5. The molecule has 0 aliphatic carbocycles. The molecular formula is C26H47N3O4. The quantitative estimate of drug-likeness (QED) is 0.414. The predicted octanol–water partition coefficient (Wildman–Crippen LogP) is 3.77. The Morgan fingerprint density at radius 1 is 1.15 bits per heavy atom. The van der Waals surface area contributed by atoms with Crippen LogP contribution in [0.5, 0.6) is 0 Å². The van der Waals surface area contributed by atoms with E-state index in [9.17, 15) is 14.4 Å². The number of esters is 1. The minimum absolute atomic E-state index is 0.0782. The molecule has 0 spiro atoms. The highest BCUT2D eigenvalue weighted by atomic mass is 16.5. The molecule has 7 nitrogen and oxygen atoms in total. The molecule has 33 heavy (non-hydrogen) atoms. The van der Waals surface area contributed by atoms with Crippen molar-refractivity contribution in [2.75, 3.05) is 20.2 Å². The number of likely N-dealkylation sites (tertiary alicyclic amines) is 1. The fraction of sp³-hybridized carbons (Fsp3) is 0.808. The summed E-state index contributed by atoms with van der Waals surface area (Å²) in [6, 6.07) is -0.920. The minimum Gasteiger partial charge on any atom is -0.463 e. The zero-order valence-electron chi connectivity index (χ0n) is 22.5. The van der Waals surface area contributed by atoms with E-state index in [0.717, 1.165) is 25.8 Å². The highest BCUT2D eigenvalue weighted by molar-refractivity contribution is 5.91. The molecule has 1 N–H and O–H groups in total. The monoisotopic (exact) mass is 465 g/mol. The van der Waals surface area contributed by atoms with Gasteiger partial charge < -0.3 is 15.0 Å². The van der Waals surface area contributed by atoms with Gasteiger partial charge in [-0.3, -0.25) is 14.5 Å². The highest BCUT2D eigenvalue weighted by Crippen LogP contribution is 2.26. The van der Waals surface area contributed by atoms with Crippen molar-refractivity contribution < 1.29 is 19.1 Å². The van der Waals surface area contributed by atoms with Crippen LogP contribution >= 0.6 is 0 Å². The van der Waals surface area contributed by atoms with Crippen molar-refractivity contribution >= 4 is 17.8 Å². The molecule has 1 rings (SSSR count). The van der Waals surface area contributed by atoms with Gasteiger partial charge in [0.1, 0.15) is 6.04 Å². The molecule has 3 atom stereocenters. The summed E-state index contributed by atoms with van der Waals surface area (Å²) in [5.74, 6) is -0.538. The molecule has 0 aromatic heterocycles. The molecule has 190 valence electrons. The zero-order valence-corrected chi connectivity index (χ0v) is 22.5. The largest absolute Gasteiger partial charge is 0.463 e. The summed E-state index contributed by atoms with van der Waals surface area (Å²) in [7, 11) is 1.74. The number of carbonyl (C=O) groups excluding carboxylic acids is 3. The smallest absolute Gasteiger partial charge is 0.333 e. The molecule has 1 saturated heterocycles. The van der Waals surface area contributed by atoms with E-state index in [0.29, 0.717) is 12.2 Å². The van der Waals surface area contributed by atoms with Gasteiger partial charge in [-0.1, -0.05) is 47.1 Å². The van der Waals surface area contributed by atoms with Gasteiger partial charge in [0.2, 0.25) is 11.8 Å². The van der Waals surface area contributed by atoms with Crippen LogP contribution in [0.1, 0.15) is 81.6 Å². The highest BCUT2D eigenvalue weighted by Gasteiger charge is 2.39. The number of amides is 2. The van der Waals surface area contributed by atoms with Crippen LogP contribution in [-0.2, 0) is 19.1 Å². The second-order valence-corrected chi connectivity index (χ2v) is 10.9. The maximum Gasteiger partial charge on any atom is 0.333 e. The minimum atomic E-state index is -0.677. The van der Waals surface area contributed by atoms with Crippen LogP contribution in [0.4, 0.5) is 0 Å². The average Bonchev–Trinajstić information content (AvgIpc) is 2.73. The number of piperidine rings is 1. The Balaban J connectivity index is 3.15. The van der Waals surface area contributed by atoms with E-state index in [1.54, 1.807) is 31.9 Å². The Bertz CT molecular complexity index is 709. The number of nitrogens with one attached hydrogen (secondary N) is 1. The third-order valence-electron chi connectivity index (χ3n) is 6.41. The molecule has 0 saturated carbocycles. The molecule has 1 heterocycles. The number of carbonyl (C=O) groups is 3. The van der Waals surface area contributed by atoms with Crippen molar-refractivity contribution in [1.29, 1.82) is 0 Å². The number of likely N-dealkylation sites (N-methyl/N-ethyl adjacent to an activating group) is 1. The van der Waals surface area contributed by atoms with Crippen LogP contribution in [-0.4, -0.2) is 72.0 Å². The predicted molar refractivity (Wildman–Crippen MR) is 133 cm³/mol. The first kappa shape index (κ1) is 29.1. The Kier molecular flexibility index (Phi) is 11.1. The second-order valence-electron chi connectivity index (χ2n) is 10.9. The van der Waals surface area contributed by atoms with Crippen LogP contribution in [0.25, 0.3) is 0 Å². The lowest BCUT2D eigenvalue weighted by molar-refractivity contribution is -0.142. The number of nitrogens with zero attached hydrogens (tertiary/aromatic N) is 2. The van der Waals surface area contributed by atoms with Gasteiger partial charge in [-0.15, -0.1) is 0 Å². The molecule has 7 heteroatoms. The van der Waals surface area contributed by atoms with Gasteiger partial charge in [-0.25, -0.2) is 4.79 Å². The van der Waals surface area contributed by atoms with Crippen molar-refractivity contribution in [3.63, 3.8) is 0 Å². The lowest BCUT2D eigenvalue weighted by atomic mass is 9.84. The SMILES string of the molecule is CCOC(=O)/C(C)=C/C(C(C)C)N(C)C(=O)C(NC(=O)[C@@H]1CCCCN1C(C)C)C(C)(C)C. The van der Waals surface area contributed by atoms with E-state index in [-0.39, 0.29) is 41.8 Å². The van der Waals surface area contributed by atoms with Crippen LogP contribution in [0.15, 0.2) is 11.6 Å². The summed E-state index contributed by atoms with van der Waals surface area (Å²) in [5.41, 5.74) is 0.000989. The fourth-order valence-corrected chi connectivity index (χ4v) is 4.41. The van der Waals surface area contributed by atoms with E-state index in [2.05, 4.69) is 24.1 Å². The summed E-state index contributed by atoms with van der Waals surface area (Å²) in [6.45, 7) is 18.8. The summed E-state index contributed by atoms with van der Waals surface area (Å²) in [4.78, 5) is 43.1. The first-order chi connectivity index (χ1) is 15.2. The summed E-state index contributed by atoms with van der Waals surface area (Å²) < 4.78 is 5.10. The van der Waals surface area contributed by atoms with Crippen molar-refractivity contribution in [3.05, 3.63) is 11.6 Å². The molecule has 0 aromatic carbocycles. The first-order valence-corrected chi connectivity index (χ1v) is 12.4. The van der Waals surface area contributed by atoms with E-state index in [1.807, 2.05) is 34.6 Å². The fourth-order valence-electron chi connectivity index (χ4n) is 4.41. The average molecular weight is 466 g/mol. The Morgan fingerprint density at radius 3 is 2.24 bits per heavy atom. The Morgan fingerprint density at radius 2 is 1.76 bits per heavy atom. The summed E-state index contributed by atoms with van der Waals surface area (Å²) in [5, 5.41) is 3.10. The van der Waals surface area contributed by atoms with Gasteiger partial charge in [0.15, 0.2) is 0 Å². The van der Waals surface area contributed by atoms with Gasteiger partial charge in [0, 0.05) is 18.7 Å². The third kappa shape index (κ3) is 8.13. The van der Waals surface area contributed by atoms with Crippen molar-refractivity contribution in [3.8, 4) is 0 Å². The van der Waals surface area contributed by atoms with Gasteiger partial charge in [0.25, 0.3) is 0 Å². The molecule has 2 amide bonds. The number of ether oxygens (including phenoxy) is 1. The topological polar surface area (TPSA) is 79.0 Å². The zero-order chi connectivity index (χ0) is 25.5. The molecule has 2 unspecified atom stereocenters. The van der Waals surface area contributed by atoms with E-state index in [4.69, 9.17) is 4.74 Å². The Hall–Kier alpha value is -1.89. The van der Waals surface area contributed by atoms with E-state index >= 15 is 0 Å². The molecule has 1 fully saturated rings. The van der Waals surface area contributed by atoms with Crippen molar-refractivity contribution in [2.45, 2.75) is 106 Å². The van der Waals surface area contributed by atoms with Gasteiger partial charge >= 0.3 is 5.97 Å². The van der Waals surface area contributed by atoms with Crippen LogP contribution < -0.4 is 5.32 Å². The number of hydrogen-bond donors (Lipinski definition) is 1. The molecular weight excluding hydrogens is 418 g/mol. The standard InChI is InChI=1S/C26H47N3O4/c1-11-33-25(32)19(6)16-21(17(2)3)28(10)24(31)22(26(7,8)9)27-23(30)20-14-12-13-15-29(20)18(4)5/h16-18,20-22H,11-15H2,1-10H3,(H,27,30)/b19-16+/t20-,21?,22?/m0/s1. The molecule has 1 aliphatic heterocycles. The lowest BCUT2D eigenvalue weighted by Crippen LogP contribution is -2.60. The lowest BCUT2D eigenvalue weighted by Gasteiger charge is -2.41. The third-order valence-corrected chi connectivity index (χ3v) is 6.41. The van der Waals surface area contributed by atoms with Gasteiger partial charge in [-0.2, -0.15) is 0 Å². The van der Waals surface area contributed by atoms with E-state index < -0.39 is 11.5 Å². The normalized spacial score (nSPS) is 19.9. The van der Waals surface area contributed by atoms with E-state index in [1.165, 1.54) is 0 Å². The second kappa shape index (κ2) is 12.5. The van der Waals surface area contributed by atoms with Crippen LogP contribution in [0.3, 0.4) is 0 Å². The molecule has 1 aliphatic rings. The summed E-state index contributed by atoms with van der Waals surface area (Å²) in [6.07, 6.45) is 4.71. The molecule has 0 aromatic rings. The van der Waals surface area contributed by atoms with Crippen molar-refractivity contribution in [2.24, 2.45) is 11.3 Å².